The van der Waals surface area contributed by atoms with Gasteiger partial charge in [-0.2, -0.15) is 0 Å². The van der Waals surface area contributed by atoms with E-state index in [9.17, 15) is 4.79 Å². The van der Waals surface area contributed by atoms with Crippen LogP contribution in [-0.2, 0) is 0 Å². The van der Waals surface area contributed by atoms with E-state index in [1.54, 1.807) is 6.07 Å². The van der Waals surface area contributed by atoms with Crippen LogP contribution >= 0.6 is 27.5 Å². The maximum Gasteiger partial charge on any atom is 0.255 e. The SMILES string of the molecule is CC1CCCC(C)N1C(=O)c1cccc(Br)c1Cl. The van der Waals surface area contributed by atoms with Crippen molar-refractivity contribution in [2.45, 2.75) is 45.2 Å². The Morgan fingerprint density at radius 1 is 1.33 bits per heavy atom. The minimum Gasteiger partial charge on any atom is -0.333 e. The number of carbonyl (C=O) groups excluding carboxylic acids is 1. The average Bonchev–Trinajstić information content (AvgIpc) is 2.32. The Morgan fingerprint density at radius 2 is 1.94 bits per heavy atom. The summed E-state index contributed by atoms with van der Waals surface area (Å²) in [7, 11) is 0. The van der Waals surface area contributed by atoms with Crippen molar-refractivity contribution >= 4 is 33.4 Å². The van der Waals surface area contributed by atoms with Gasteiger partial charge in [-0.15, -0.1) is 0 Å². The lowest BCUT2D eigenvalue weighted by Crippen LogP contribution is -2.47. The molecule has 1 aromatic rings. The third kappa shape index (κ3) is 2.57. The van der Waals surface area contributed by atoms with Crippen molar-refractivity contribution in [3.8, 4) is 0 Å². The van der Waals surface area contributed by atoms with Gasteiger partial charge in [0.2, 0.25) is 0 Å². The van der Waals surface area contributed by atoms with E-state index in [2.05, 4.69) is 29.8 Å². The van der Waals surface area contributed by atoms with Crippen molar-refractivity contribution in [2.24, 2.45) is 0 Å². The molecule has 1 amide bonds. The zero-order valence-electron chi connectivity index (χ0n) is 10.6. The lowest BCUT2D eigenvalue weighted by Gasteiger charge is -2.39. The monoisotopic (exact) mass is 329 g/mol. The first kappa shape index (κ1) is 13.9. The third-order valence-electron chi connectivity index (χ3n) is 3.61. The zero-order valence-corrected chi connectivity index (χ0v) is 13.0. The highest BCUT2D eigenvalue weighted by Crippen LogP contribution is 2.30. The van der Waals surface area contributed by atoms with E-state index in [1.807, 2.05) is 17.0 Å². The highest BCUT2D eigenvalue weighted by atomic mass is 79.9. The number of piperidine rings is 1. The second-order valence-electron chi connectivity index (χ2n) is 4.94. The number of benzene rings is 1. The van der Waals surface area contributed by atoms with Crippen molar-refractivity contribution in [2.75, 3.05) is 0 Å². The predicted octanol–water partition coefficient (Wildman–Crippen LogP) is 4.51. The number of hydrogen-bond donors (Lipinski definition) is 0. The Hall–Kier alpha value is -0.540. The molecule has 0 aromatic heterocycles. The molecule has 1 fully saturated rings. The number of nitrogens with zero attached hydrogens (tertiary/aromatic N) is 1. The van der Waals surface area contributed by atoms with Gasteiger partial charge in [0, 0.05) is 16.6 Å². The second-order valence-corrected chi connectivity index (χ2v) is 6.18. The molecule has 1 aromatic carbocycles. The number of rotatable bonds is 1. The van der Waals surface area contributed by atoms with Crippen molar-refractivity contribution in [3.05, 3.63) is 33.3 Å². The highest BCUT2D eigenvalue weighted by Gasteiger charge is 2.30. The standard InChI is InChI=1S/C14H17BrClNO/c1-9-5-3-6-10(2)17(9)14(18)11-7-4-8-12(15)13(11)16/h4,7-10H,3,5-6H2,1-2H3. The third-order valence-corrected chi connectivity index (χ3v) is 4.91. The fourth-order valence-corrected chi connectivity index (χ4v) is 3.20. The van der Waals surface area contributed by atoms with E-state index in [-0.39, 0.29) is 18.0 Å². The molecule has 2 nitrogen and oxygen atoms in total. The van der Waals surface area contributed by atoms with Crippen LogP contribution in [0.15, 0.2) is 22.7 Å². The Morgan fingerprint density at radius 3 is 2.56 bits per heavy atom. The molecule has 0 bridgehead atoms. The Labute approximate surface area is 121 Å². The van der Waals surface area contributed by atoms with Gasteiger partial charge in [-0.3, -0.25) is 4.79 Å². The van der Waals surface area contributed by atoms with Gasteiger partial charge < -0.3 is 4.90 Å². The Balaban J connectivity index is 2.32. The first-order chi connectivity index (χ1) is 8.52. The van der Waals surface area contributed by atoms with Crippen molar-refractivity contribution < 1.29 is 4.79 Å². The van der Waals surface area contributed by atoms with E-state index in [4.69, 9.17) is 11.6 Å². The maximum absolute atomic E-state index is 12.6. The molecule has 0 saturated carbocycles. The lowest BCUT2D eigenvalue weighted by atomic mass is 9.96. The van der Waals surface area contributed by atoms with Gasteiger partial charge in [-0.25, -0.2) is 0 Å². The van der Waals surface area contributed by atoms with Gasteiger partial charge in [-0.1, -0.05) is 17.7 Å². The Bertz CT molecular complexity index is 453. The molecule has 1 aliphatic rings. The van der Waals surface area contributed by atoms with Crippen LogP contribution in [0.3, 0.4) is 0 Å². The minimum absolute atomic E-state index is 0.0426. The van der Waals surface area contributed by atoms with Gasteiger partial charge >= 0.3 is 0 Å². The maximum atomic E-state index is 12.6. The van der Waals surface area contributed by atoms with E-state index in [0.717, 1.165) is 17.3 Å². The summed E-state index contributed by atoms with van der Waals surface area (Å²) in [6.45, 7) is 4.22. The molecule has 4 heteroatoms. The van der Waals surface area contributed by atoms with Gasteiger partial charge in [0.15, 0.2) is 0 Å². The molecule has 98 valence electrons. The lowest BCUT2D eigenvalue weighted by molar-refractivity contribution is 0.0511. The molecule has 0 N–H and O–H groups in total. The van der Waals surface area contributed by atoms with Gasteiger partial charge in [-0.05, 0) is 61.2 Å². The minimum atomic E-state index is 0.0426. The zero-order chi connectivity index (χ0) is 13.3. The Kier molecular flexibility index (Phi) is 4.33. The first-order valence-electron chi connectivity index (χ1n) is 6.29. The van der Waals surface area contributed by atoms with Crippen LogP contribution in [0.5, 0.6) is 0 Å². The van der Waals surface area contributed by atoms with Crippen molar-refractivity contribution in [3.63, 3.8) is 0 Å². The summed E-state index contributed by atoms with van der Waals surface area (Å²) in [6, 6.07) is 6.07. The molecule has 18 heavy (non-hydrogen) atoms. The summed E-state index contributed by atoms with van der Waals surface area (Å²) >= 11 is 9.57. The van der Waals surface area contributed by atoms with Gasteiger partial charge in [0.05, 0.1) is 10.6 Å². The number of carbonyl (C=O) groups is 1. The second kappa shape index (κ2) is 5.62. The molecule has 0 radical (unpaired) electrons. The summed E-state index contributed by atoms with van der Waals surface area (Å²) < 4.78 is 0.771. The highest BCUT2D eigenvalue weighted by molar-refractivity contribution is 9.10. The van der Waals surface area contributed by atoms with Crippen LogP contribution in [0.25, 0.3) is 0 Å². The van der Waals surface area contributed by atoms with Crippen LogP contribution in [0.1, 0.15) is 43.5 Å². The molecule has 2 unspecified atom stereocenters. The fourth-order valence-electron chi connectivity index (χ4n) is 2.63. The predicted molar refractivity (Wildman–Crippen MR) is 78.1 cm³/mol. The summed E-state index contributed by atoms with van der Waals surface area (Å²) in [5.41, 5.74) is 0.589. The van der Waals surface area contributed by atoms with E-state index < -0.39 is 0 Å². The summed E-state index contributed by atoms with van der Waals surface area (Å²) in [4.78, 5) is 14.6. The fraction of sp³-hybridized carbons (Fsp3) is 0.500. The molecule has 2 atom stereocenters. The summed E-state index contributed by atoms with van der Waals surface area (Å²) in [6.07, 6.45) is 3.34. The number of halogens is 2. The summed E-state index contributed by atoms with van der Waals surface area (Å²) in [5.74, 6) is 0.0426. The molecule has 0 aliphatic carbocycles. The van der Waals surface area contributed by atoms with E-state index in [1.165, 1.54) is 6.42 Å². The topological polar surface area (TPSA) is 20.3 Å². The summed E-state index contributed by atoms with van der Waals surface area (Å²) in [5, 5.41) is 0.507. The van der Waals surface area contributed by atoms with Crippen molar-refractivity contribution in [1.29, 1.82) is 0 Å². The van der Waals surface area contributed by atoms with E-state index >= 15 is 0 Å². The van der Waals surface area contributed by atoms with Crippen molar-refractivity contribution in [1.82, 2.24) is 4.90 Å². The molecular formula is C14H17BrClNO. The van der Waals surface area contributed by atoms with Gasteiger partial charge in [0.1, 0.15) is 0 Å². The average molecular weight is 331 g/mol. The smallest absolute Gasteiger partial charge is 0.255 e. The van der Waals surface area contributed by atoms with Crippen LogP contribution in [-0.4, -0.2) is 22.9 Å². The first-order valence-corrected chi connectivity index (χ1v) is 7.46. The van der Waals surface area contributed by atoms with Crippen LogP contribution in [0.2, 0.25) is 5.02 Å². The normalized spacial score (nSPS) is 24.1. The molecule has 1 heterocycles. The molecule has 1 saturated heterocycles. The number of likely N-dealkylation sites (tertiary alicyclic amines) is 1. The number of hydrogen-bond acceptors (Lipinski definition) is 1. The number of amides is 1. The quantitative estimate of drug-likeness (QED) is 0.742. The van der Waals surface area contributed by atoms with Crippen LogP contribution in [0, 0.1) is 0 Å². The molecule has 2 rings (SSSR count). The molecular weight excluding hydrogens is 314 g/mol. The van der Waals surface area contributed by atoms with Gasteiger partial charge in [0.25, 0.3) is 5.91 Å². The van der Waals surface area contributed by atoms with Crippen LogP contribution < -0.4 is 0 Å². The molecule has 1 aliphatic heterocycles. The largest absolute Gasteiger partial charge is 0.333 e. The van der Waals surface area contributed by atoms with Crippen LogP contribution in [0.4, 0.5) is 0 Å². The van der Waals surface area contributed by atoms with E-state index in [0.29, 0.717) is 10.6 Å². The molecule has 0 spiro atoms.